The van der Waals surface area contributed by atoms with Crippen molar-refractivity contribution in [1.29, 1.82) is 0 Å². The number of aromatic nitrogens is 2. The zero-order valence-corrected chi connectivity index (χ0v) is 19.1. The molecule has 2 aromatic carbocycles. The molecule has 2 heterocycles. The molecule has 9 heteroatoms. The third kappa shape index (κ3) is 6.36. The maximum absolute atomic E-state index is 12.4. The van der Waals surface area contributed by atoms with Crippen LogP contribution in [0.15, 0.2) is 78.0 Å². The molecule has 1 amide bonds. The van der Waals surface area contributed by atoms with Gasteiger partial charge >= 0.3 is 0 Å². The van der Waals surface area contributed by atoms with E-state index in [2.05, 4.69) is 49.4 Å². The molecule has 0 aliphatic carbocycles. The summed E-state index contributed by atoms with van der Waals surface area (Å²) < 4.78 is 24.8. The van der Waals surface area contributed by atoms with Crippen molar-refractivity contribution in [1.82, 2.24) is 14.9 Å². The molecule has 1 fully saturated rings. The van der Waals surface area contributed by atoms with Crippen molar-refractivity contribution in [3.8, 4) is 0 Å². The minimum atomic E-state index is -3.51. The zero-order chi connectivity index (χ0) is 23.1. The van der Waals surface area contributed by atoms with Gasteiger partial charge in [-0.15, -0.1) is 0 Å². The van der Waals surface area contributed by atoms with E-state index < -0.39 is 15.7 Å². The van der Waals surface area contributed by atoms with Crippen LogP contribution in [0.3, 0.4) is 0 Å². The van der Waals surface area contributed by atoms with Crippen molar-refractivity contribution in [3.63, 3.8) is 0 Å². The van der Waals surface area contributed by atoms with E-state index in [1.807, 2.05) is 6.07 Å². The number of sulfone groups is 1. The molecule has 0 radical (unpaired) electrons. The van der Waals surface area contributed by atoms with Gasteiger partial charge in [-0.1, -0.05) is 48.5 Å². The lowest BCUT2D eigenvalue weighted by molar-refractivity contribution is -0.115. The highest BCUT2D eigenvalue weighted by atomic mass is 32.2. The van der Waals surface area contributed by atoms with Gasteiger partial charge in [-0.05, 0) is 17.7 Å². The highest BCUT2D eigenvalue weighted by Crippen LogP contribution is 2.18. The van der Waals surface area contributed by atoms with E-state index in [-0.39, 0.29) is 17.1 Å². The van der Waals surface area contributed by atoms with Gasteiger partial charge in [0.05, 0.1) is 10.6 Å². The van der Waals surface area contributed by atoms with E-state index in [1.165, 1.54) is 24.0 Å². The highest BCUT2D eigenvalue weighted by molar-refractivity contribution is 7.91. The molecule has 0 unspecified atom stereocenters. The van der Waals surface area contributed by atoms with E-state index in [0.717, 1.165) is 38.5 Å². The molecule has 8 nitrogen and oxygen atoms in total. The molecular formula is C24H27N5O3S. The molecule has 1 saturated heterocycles. The van der Waals surface area contributed by atoms with Crippen LogP contribution in [0, 0.1) is 0 Å². The summed E-state index contributed by atoms with van der Waals surface area (Å²) >= 11 is 0. The maximum atomic E-state index is 12.4. The summed E-state index contributed by atoms with van der Waals surface area (Å²) in [5, 5.41) is 2.70. The van der Waals surface area contributed by atoms with Crippen molar-refractivity contribution in [2.75, 3.05) is 42.1 Å². The first kappa shape index (κ1) is 22.9. The standard InChI is InChI=1S/C24H27N5O3S/c30-24(11-16-33(31,32)21-9-5-2-6-10-21)27-22-17-23(26-19-25-22)29-14-12-28(13-15-29)18-20-7-3-1-4-8-20/h1-10,17,19H,11-16,18H2,(H,25,26,27,30). The molecule has 172 valence electrons. The number of rotatable bonds is 8. The minimum absolute atomic E-state index is 0.144. The van der Waals surface area contributed by atoms with Gasteiger partial charge in [0.1, 0.15) is 18.0 Å². The smallest absolute Gasteiger partial charge is 0.226 e. The van der Waals surface area contributed by atoms with Crippen LogP contribution in [0.1, 0.15) is 12.0 Å². The number of nitrogens with one attached hydrogen (secondary N) is 1. The third-order valence-electron chi connectivity index (χ3n) is 5.57. The molecule has 0 atom stereocenters. The van der Waals surface area contributed by atoms with E-state index in [9.17, 15) is 13.2 Å². The predicted molar refractivity (Wildman–Crippen MR) is 128 cm³/mol. The van der Waals surface area contributed by atoms with Crippen LogP contribution in [0.5, 0.6) is 0 Å². The first-order chi connectivity index (χ1) is 16.0. The number of benzene rings is 2. The first-order valence-corrected chi connectivity index (χ1v) is 12.6. The van der Waals surface area contributed by atoms with Gasteiger partial charge < -0.3 is 10.2 Å². The van der Waals surface area contributed by atoms with E-state index in [0.29, 0.717) is 5.82 Å². The second kappa shape index (κ2) is 10.5. The van der Waals surface area contributed by atoms with Crippen molar-refractivity contribution in [2.24, 2.45) is 0 Å². The second-order valence-corrected chi connectivity index (χ2v) is 10.0. The molecule has 0 saturated carbocycles. The molecule has 0 spiro atoms. The van der Waals surface area contributed by atoms with Crippen LogP contribution < -0.4 is 10.2 Å². The largest absolute Gasteiger partial charge is 0.354 e. The topological polar surface area (TPSA) is 95.5 Å². The van der Waals surface area contributed by atoms with Gasteiger partial charge in [-0.2, -0.15) is 0 Å². The van der Waals surface area contributed by atoms with E-state index >= 15 is 0 Å². The Balaban J connectivity index is 1.29. The highest BCUT2D eigenvalue weighted by Gasteiger charge is 2.20. The minimum Gasteiger partial charge on any atom is -0.354 e. The Bertz CT molecular complexity index is 1160. The summed E-state index contributed by atoms with van der Waals surface area (Å²) in [6.07, 6.45) is 1.27. The van der Waals surface area contributed by atoms with Crippen LogP contribution >= 0.6 is 0 Å². The third-order valence-corrected chi connectivity index (χ3v) is 7.30. The monoisotopic (exact) mass is 465 g/mol. The number of carbonyl (C=O) groups excluding carboxylic acids is 1. The van der Waals surface area contributed by atoms with Gasteiger partial charge in [-0.3, -0.25) is 9.69 Å². The number of carbonyl (C=O) groups is 1. The van der Waals surface area contributed by atoms with Crippen LogP contribution in [0.4, 0.5) is 11.6 Å². The first-order valence-electron chi connectivity index (χ1n) is 10.9. The average Bonchev–Trinajstić information content (AvgIpc) is 2.85. The Kier molecular flexibility index (Phi) is 7.31. The van der Waals surface area contributed by atoms with Crippen molar-refractivity contribution in [2.45, 2.75) is 17.9 Å². The molecule has 1 N–H and O–H groups in total. The van der Waals surface area contributed by atoms with Gasteiger partial charge in [-0.25, -0.2) is 18.4 Å². The molecule has 1 aliphatic heterocycles. The normalized spacial score (nSPS) is 14.7. The van der Waals surface area contributed by atoms with Gasteiger partial charge in [0.15, 0.2) is 9.84 Å². The fourth-order valence-corrected chi connectivity index (χ4v) is 5.00. The number of nitrogens with zero attached hydrogens (tertiary/aromatic N) is 4. The molecular weight excluding hydrogens is 438 g/mol. The van der Waals surface area contributed by atoms with Gasteiger partial charge in [0.2, 0.25) is 5.91 Å². The van der Waals surface area contributed by atoms with Crippen LogP contribution in [-0.4, -0.2) is 61.1 Å². The summed E-state index contributed by atoms with van der Waals surface area (Å²) in [5.74, 6) is 0.460. The summed E-state index contributed by atoms with van der Waals surface area (Å²) in [6.45, 7) is 4.40. The summed E-state index contributed by atoms with van der Waals surface area (Å²) in [7, 11) is -3.51. The molecule has 4 rings (SSSR count). The van der Waals surface area contributed by atoms with Crippen molar-refractivity contribution >= 4 is 27.4 Å². The average molecular weight is 466 g/mol. The van der Waals surface area contributed by atoms with E-state index in [1.54, 1.807) is 24.3 Å². The number of amides is 1. The Morgan fingerprint density at radius 3 is 2.27 bits per heavy atom. The Hall–Kier alpha value is -3.30. The number of anilines is 2. The maximum Gasteiger partial charge on any atom is 0.226 e. The second-order valence-electron chi connectivity index (χ2n) is 7.94. The van der Waals surface area contributed by atoms with Crippen molar-refractivity contribution < 1.29 is 13.2 Å². The molecule has 3 aromatic rings. The number of piperazine rings is 1. The van der Waals surface area contributed by atoms with Gasteiger partial charge in [0, 0.05) is 45.2 Å². The lowest BCUT2D eigenvalue weighted by Gasteiger charge is -2.35. The Morgan fingerprint density at radius 2 is 1.58 bits per heavy atom. The molecule has 0 bridgehead atoms. The van der Waals surface area contributed by atoms with Crippen LogP contribution in [0.25, 0.3) is 0 Å². The SMILES string of the molecule is O=C(CCS(=O)(=O)c1ccccc1)Nc1cc(N2CCN(Cc3ccccc3)CC2)ncn1. The quantitative estimate of drug-likeness (QED) is 0.546. The molecule has 1 aromatic heterocycles. The predicted octanol–water partition coefficient (Wildman–Crippen LogP) is 2.60. The molecule has 33 heavy (non-hydrogen) atoms. The fourth-order valence-electron chi connectivity index (χ4n) is 3.74. The summed E-state index contributed by atoms with van der Waals surface area (Å²) in [4.78, 5) is 25.6. The van der Waals surface area contributed by atoms with Crippen LogP contribution in [0.2, 0.25) is 0 Å². The van der Waals surface area contributed by atoms with Crippen LogP contribution in [-0.2, 0) is 21.2 Å². The van der Waals surface area contributed by atoms with Crippen molar-refractivity contribution in [3.05, 3.63) is 78.6 Å². The molecule has 1 aliphatic rings. The Morgan fingerprint density at radius 1 is 0.909 bits per heavy atom. The fraction of sp³-hybridized carbons (Fsp3) is 0.292. The van der Waals surface area contributed by atoms with E-state index in [4.69, 9.17) is 0 Å². The lowest BCUT2D eigenvalue weighted by Crippen LogP contribution is -2.46. The zero-order valence-electron chi connectivity index (χ0n) is 18.3. The number of hydrogen-bond acceptors (Lipinski definition) is 7. The summed E-state index contributed by atoms with van der Waals surface area (Å²) in [6, 6.07) is 20.3. The summed E-state index contributed by atoms with van der Waals surface area (Å²) in [5.41, 5.74) is 1.30. The number of hydrogen-bond donors (Lipinski definition) is 1. The Labute approximate surface area is 194 Å². The lowest BCUT2D eigenvalue weighted by atomic mass is 10.2. The van der Waals surface area contributed by atoms with Gasteiger partial charge in [0.25, 0.3) is 0 Å².